The fraction of sp³-hybridized carbons (Fsp3) is 0.471. The predicted octanol–water partition coefficient (Wildman–Crippen LogP) is 3.10. The molecule has 0 amide bonds. The summed E-state index contributed by atoms with van der Waals surface area (Å²) in [6.45, 7) is 6.24. The molecule has 6 heteroatoms. The number of anilines is 3. The monoisotopic (exact) mass is 314 g/mol. The zero-order chi connectivity index (χ0) is 16.7. The number of aromatic nitrogens is 3. The Bertz CT molecular complexity index is 612. The average molecular weight is 314 g/mol. The molecule has 0 fully saturated rings. The standard InChI is InChI=1S/C17H26N6/c1-13(2)14-8-5-6-9-15(14)20-17-21-16(12-19-22-17)18-10-7-11-23(3)4/h5-6,8-9,12-13H,7,10-11H2,1-4H3,(H2,18,20,21,22). The summed E-state index contributed by atoms with van der Waals surface area (Å²) in [4.78, 5) is 6.64. The first-order valence-corrected chi connectivity index (χ1v) is 8.00. The lowest BCUT2D eigenvalue weighted by Gasteiger charge is -2.14. The largest absolute Gasteiger partial charge is 0.369 e. The summed E-state index contributed by atoms with van der Waals surface area (Å²) in [6.07, 6.45) is 2.70. The third kappa shape index (κ3) is 5.49. The fourth-order valence-electron chi connectivity index (χ4n) is 2.29. The van der Waals surface area contributed by atoms with Gasteiger partial charge in [0.15, 0.2) is 5.82 Å². The molecule has 0 unspecified atom stereocenters. The average Bonchev–Trinajstić information content (AvgIpc) is 2.52. The normalized spacial score (nSPS) is 11.0. The van der Waals surface area contributed by atoms with Crippen molar-refractivity contribution in [2.45, 2.75) is 26.2 Å². The highest BCUT2D eigenvalue weighted by atomic mass is 15.3. The molecule has 0 spiro atoms. The minimum atomic E-state index is 0.430. The second-order valence-electron chi connectivity index (χ2n) is 6.12. The Morgan fingerprint density at radius 1 is 1.17 bits per heavy atom. The summed E-state index contributed by atoms with van der Waals surface area (Å²) >= 11 is 0. The molecular formula is C17H26N6. The van der Waals surface area contributed by atoms with Crippen LogP contribution in [0.25, 0.3) is 0 Å². The molecular weight excluding hydrogens is 288 g/mol. The van der Waals surface area contributed by atoms with Crippen molar-refractivity contribution in [3.8, 4) is 0 Å². The van der Waals surface area contributed by atoms with Gasteiger partial charge in [0.05, 0.1) is 6.20 Å². The van der Waals surface area contributed by atoms with E-state index in [0.29, 0.717) is 11.9 Å². The number of rotatable bonds is 8. The summed E-state index contributed by atoms with van der Waals surface area (Å²) in [5.74, 6) is 1.68. The van der Waals surface area contributed by atoms with Crippen LogP contribution in [-0.2, 0) is 0 Å². The van der Waals surface area contributed by atoms with E-state index in [1.165, 1.54) is 5.56 Å². The molecule has 1 aromatic heterocycles. The molecule has 0 bridgehead atoms. The first-order chi connectivity index (χ1) is 11.1. The SMILES string of the molecule is CC(C)c1ccccc1Nc1nncc(NCCCN(C)C)n1. The van der Waals surface area contributed by atoms with Gasteiger partial charge in [-0.3, -0.25) is 0 Å². The zero-order valence-corrected chi connectivity index (χ0v) is 14.4. The van der Waals surface area contributed by atoms with Crippen LogP contribution in [0.1, 0.15) is 31.7 Å². The van der Waals surface area contributed by atoms with Crippen molar-refractivity contribution in [2.24, 2.45) is 0 Å². The van der Waals surface area contributed by atoms with Gasteiger partial charge in [-0.05, 0) is 44.6 Å². The Morgan fingerprint density at radius 3 is 2.70 bits per heavy atom. The van der Waals surface area contributed by atoms with Gasteiger partial charge in [0.2, 0.25) is 5.95 Å². The molecule has 1 heterocycles. The summed E-state index contributed by atoms with van der Waals surface area (Å²) in [5, 5.41) is 14.6. The summed E-state index contributed by atoms with van der Waals surface area (Å²) < 4.78 is 0. The Hall–Kier alpha value is -2.21. The van der Waals surface area contributed by atoms with Gasteiger partial charge >= 0.3 is 0 Å². The lowest BCUT2D eigenvalue weighted by molar-refractivity contribution is 0.405. The van der Waals surface area contributed by atoms with Crippen LogP contribution in [0.3, 0.4) is 0 Å². The minimum Gasteiger partial charge on any atom is -0.369 e. The number of nitrogens with one attached hydrogen (secondary N) is 2. The Labute approximate surface area is 138 Å². The maximum atomic E-state index is 4.48. The highest BCUT2D eigenvalue weighted by Gasteiger charge is 2.08. The van der Waals surface area contributed by atoms with Crippen LogP contribution >= 0.6 is 0 Å². The van der Waals surface area contributed by atoms with Gasteiger partial charge in [-0.1, -0.05) is 32.0 Å². The van der Waals surface area contributed by atoms with Gasteiger partial charge in [-0.25, -0.2) is 0 Å². The molecule has 23 heavy (non-hydrogen) atoms. The quantitative estimate of drug-likeness (QED) is 0.730. The molecule has 2 N–H and O–H groups in total. The van der Waals surface area contributed by atoms with E-state index in [-0.39, 0.29) is 0 Å². The first-order valence-electron chi connectivity index (χ1n) is 8.00. The number of hydrogen-bond donors (Lipinski definition) is 2. The van der Waals surface area contributed by atoms with E-state index in [4.69, 9.17) is 0 Å². The summed E-state index contributed by atoms with van der Waals surface area (Å²) in [5.41, 5.74) is 2.26. The second-order valence-corrected chi connectivity index (χ2v) is 6.12. The van der Waals surface area contributed by atoms with Crippen LogP contribution in [0.2, 0.25) is 0 Å². The molecule has 0 aliphatic carbocycles. The number of nitrogens with zero attached hydrogens (tertiary/aromatic N) is 4. The van der Waals surface area contributed by atoms with Crippen molar-refractivity contribution < 1.29 is 0 Å². The molecule has 0 saturated carbocycles. The highest BCUT2D eigenvalue weighted by Crippen LogP contribution is 2.25. The molecule has 0 saturated heterocycles. The van der Waals surface area contributed by atoms with Gasteiger partial charge in [0.25, 0.3) is 0 Å². The van der Waals surface area contributed by atoms with Crippen molar-refractivity contribution in [2.75, 3.05) is 37.8 Å². The summed E-state index contributed by atoms with van der Waals surface area (Å²) in [6, 6.07) is 8.20. The number of benzene rings is 1. The van der Waals surface area contributed by atoms with Crippen LogP contribution in [0.15, 0.2) is 30.5 Å². The van der Waals surface area contributed by atoms with Crippen LogP contribution < -0.4 is 10.6 Å². The van der Waals surface area contributed by atoms with Gasteiger partial charge in [0.1, 0.15) is 0 Å². The van der Waals surface area contributed by atoms with Crippen LogP contribution in [0.5, 0.6) is 0 Å². The van der Waals surface area contributed by atoms with Crippen molar-refractivity contribution in [1.29, 1.82) is 0 Å². The Balaban J connectivity index is 2.00. The van der Waals surface area contributed by atoms with Gasteiger partial charge < -0.3 is 15.5 Å². The molecule has 0 radical (unpaired) electrons. The van der Waals surface area contributed by atoms with Crippen LogP contribution in [0, 0.1) is 0 Å². The lowest BCUT2D eigenvalue weighted by atomic mass is 10.0. The van der Waals surface area contributed by atoms with Gasteiger partial charge in [0, 0.05) is 12.2 Å². The number of para-hydroxylation sites is 1. The predicted molar refractivity (Wildman–Crippen MR) is 95.3 cm³/mol. The van der Waals surface area contributed by atoms with Crippen LogP contribution in [0.4, 0.5) is 17.5 Å². The highest BCUT2D eigenvalue weighted by molar-refractivity contribution is 5.59. The molecule has 2 aromatic rings. The van der Waals surface area contributed by atoms with Crippen LogP contribution in [-0.4, -0.2) is 47.3 Å². The molecule has 0 atom stereocenters. The van der Waals surface area contributed by atoms with Crippen molar-refractivity contribution in [3.05, 3.63) is 36.0 Å². The molecule has 2 rings (SSSR count). The van der Waals surface area contributed by atoms with E-state index in [2.05, 4.69) is 64.7 Å². The van der Waals surface area contributed by atoms with E-state index in [1.807, 2.05) is 18.2 Å². The van der Waals surface area contributed by atoms with Crippen molar-refractivity contribution in [3.63, 3.8) is 0 Å². The van der Waals surface area contributed by atoms with Crippen molar-refractivity contribution in [1.82, 2.24) is 20.1 Å². The second kappa shape index (κ2) is 8.43. The fourth-order valence-corrected chi connectivity index (χ4v) is 2.29. The first kappa shape index (κ1) is 17.1. The smallest absolute Gasteiger partial charge is 0.249 e. The summed E-state index contributed by atoms with van der Waals surface area (Å²) in [7, 11) is 4.14. The van der Waals surface area contributed by atoms with E-state index < -0.39 is 0 Å². The molecule has 6 nitrogen and oxygen atoms in total. The third-order valence-electron chi connectivity index (χ3n) is 3.48. The zero-order valence-electron chi connectivity index (χ0n) is 14.4. The maximum Gasteiger partial charge on any atom is 0.249 e. The van der Waals surface area contributed by atoms with E-state index in [1.54, 1.807) is 6.20 Å². The molecule has 124 valence electrons. The molecule has 0 aliphatic rings. The van der Waals surface area contributed by atoms with Gasteiger partial charge in [-0.2, -0.15) is 10.1 Å². The van der Waals surface area contributed by atoms with Crippen molar-refractivity contribution >= 4 is 17.5 Å². The van der Waals surface area contributed by atoms with E-state index in [0.717, 1.165) is 31.0 Å². The Kier molecular flexibility index (Phi) is 6.29. The molecule has 1 aromatic carbocycles. The third-order valence-corrected chi connectivity index (χ3v) is 3.48. The lowest BCUT2D eigenvalue weighted by Crippen LogP contribution is -2.17. The minimum absolute atomic E-state index is 0.430. The molecule has 0 aliphatic heterocycles. The topological polar surface area (TPSA) is 66.0 Å². The van der Waals surface area contributed by atoms with E-state index in [9.17, 15) is 0 Å². The van der Waals surface area contributed by atoms with E-state index >= 15 is 0 Å². The Morgan fingerprint density at radius 2 is 1.96 bits per heavy atom. The van der Waals surface area contributed by atoms with Gasteiger partial charge in [-0.15, -0.1) is 5.10 Å². The number of hydrogen-bond acceptors (Lipinski definition) is 6. The maximum absolute atomic E-state index is 4.48.